The third-order valence-electron chi connectivity index (χ3n) is 4.63. The first-order valence-electron chi connectivity index (χ1n) is 9.05. The molecule has 0 spiro atoms. The van der Waals surface area contributed by atoms with Crippen molar-refractivity contribution in [1.29, 1.82) is 0 Å². The Morgan fingerprint density at radius 3 is 2.86 bits per heavy atom. The van der Waals surface area contributed by atoms with Crippen LogP contribution in [0.4, 0.5) is 15.8 Å². The van der Waals surface area contributed by atoms with Gasteiger partial charge in [0.15, 0.2) is 0 Å². The lowest BCUT2D eigenvalue weighted by Crippen LogP contribution is -2.30. The summed E-state index contributed by atoms with van der Waals surface area (Å²) < 4.78 is 19.4. The number of hydrogen-bond acceptors (Lipinski definition) is 5. The summed E-state index contributed by atoms with van der Waals surface area (Å²) in [5.41, 5.74) is 1.43. The normalized spacial score (nSPS) is 15.5. The lowest BCUT2D eigenvalue weighted by molar-refractivity contribution is -0.123. The highest BCUT2D eigenvalue weighted by atomic mass is 32.1. The van der Waals surface area contributed by atoms with E-state index < -0.39 is 11.7 Å². The number of ether oxygens (including phenoxy) is 1. The third kappa shape index (κ3) is 3.84. The second-order valence-corrected chi connectivity index (χ2v) is 7.69. The lowest BCUT2D eigenvalue weighted by atomic mass is 9.89. The molecule has 2 aromatic carbocycles. The first-order valence-corrected chi connectivity index (χ1v) is 9.87. The molecule has 4 rings (SSSR count). The van der Waals surface area contributed by atoms with E-state index in [2.05, 4.69) is 10.6 Å². The second-order valence-electron chi connectivity index (χ2n) is 6.61. The van der Waals surface area contributed by atoms with E-state index in [1.807, 2.05) is 6.07 Å². The van der Waals surface area contributed by atoms with Gasteiger partial charge in [0.2, 0.25) is 11.8 Å². The van der Waals surface area contributed by atoms with E-state index in [0.717, 1.165) is 10.1 Å². The quantitative estimate of drug-likeness (QED) is 0.627. The van der Waals surface area contributed by atoms with Gasteiger partial charge in [-0.15, -0.1) is 11.3 Å². The highest BCUT2D eigenvalue weighted by Crippen LogP contribution is 2.34. The zero-order chi connectivity index (χ0) is 20.5. The Hall–Kier alpha value is -3.26. The SMILES string of the molecule is CCOC(=O)c1cc2cc(NC(=O)C3CC(=O)Nc4cc(F)ccc43)ccc2s1. The number of amides is 2. The van der Waals surface area contributed by atoms with Crippen LogP contribution >= 0.6 is 11.3 Å². The highest BCUT2D eigenvalue weighted by Gasteiger charge is 2.31. The molecule has 148 valence electrons. The molecule has 1 aliphatic heterocycles. The van der Waals surface area contributed by atoms with Crippen LogP contribution in [0.15, 0.2) is 42.5 Å². The average molecular weight is 412 g/mol. The second kappa shape index (κ2) is 7.63. The molecule has 0 bridgehead atoms. The fourth-order valence-corrected chi connectivity index (χ4v) is 4.26. The molecular formula is C21H17FN2O4S. The minimum Gasteiger partial charge on any atom is -0.462 e. The first kappa shape index (κ1) is 19.1. The van der Waals surface area contributed by atoms with E-state index in [-0.39, 0.29) is 24.2 Å². The van der Waals surface area contributed by atoms with Crippen LogP contribution in [0, 0.1) is 5.82 Å². The predicted octanol–water partition coefficient (Wildman–Crippen LogP) is 4.28. The molecule has 2 N–H and O–H groups in total. The number of esters is 1. The largest absolute Gasteiger partial charge is 0.462 e. The summed E-state index contributed by atoms with van der Waals surface area (Å²) in [5.74, 6) is -2.27. The fraction of sp³-hybridized carbons (Fsp3) is 0.190. The van der Waals surface area contributed by atoms with Gasteiger partial charge in [-0.05, 0) is 54.3 Å². The molecule has 1 aliphatic rings. The van der Waals surface area contributed by atoms with E-state index in [1.54, 1.807) is 25.1 Å². The van der Waals surface area contributed by atoms with E-state index in [9.17, 15) is 18.8 Å². The fourth-order valence-electron chi connectivity index (χ4n) is 3.32. The van der Waals surface area contributed by atoms with Crippen molar-refractivity contribution < 1.29 is 23.5 Å². The van der Waals surface area contributed by atoms with Crippen LogP contribution in [0.5, 0.6) is 0 Å². The summed E-state index contributed by atoms with van der Waals surface area (Å²) in [7, 11) is 0. The first-order chi connectivity index (χ1) is 13.9. The molecule has 1 aromatic heterocycles. The summed E-state index contributed by atoms with van der Waals surface area (Å²) in [6.07, 6.45) is -0.0157. The van der Waals surface area contributed by atoms with Gasteiger partial charge in [-0.3, -0.25) is 9.59 Å². The number of carbonyl (C=O) groups is 3. The number of nitrogens with one attached hydrogen (secondary N) is 2. The maximum Gasteiger partial charge on any atom is 0.348 e. The maximum atomic E-state index is 13.5. The number of halogens is 1. The Morgan fingerprint density at radius 2 is 2.07 bits per heavy atom. The average Bonchev–Trinajstić information content (AvgIpc) is 3.10. The van der Waals surface area contributed by atoms with Crippen molar-refractivity contribution in [2.24, 2.45) is 0 Å². The molecule has 0 radical (unpaired) electrons. The van der Waals surface area contributed by atoms with E-state index in [0.29, 0.717) is 28.4 Å². The van der Waals surface area contributed by atoms with Gasteiger partial charge in [-0.25, -0.2) is 9.18 Å². The summed E-state index contributed by atoms with van der Waals surface area (Å²) in [6, 6.07) is 11.0. The number of hydrogen-bond donors (Lipinski definition) is 2. The molecule has 2 amide bonds. The van der Waals surface area contributed by atoms with Crippen molar-refractivity contribution >= 4 is 50.6 Å². The van der Waals surface area contributed by atoms with Gasteiger partial charge in [0.1, 0.15) is 10.7 Å². The number of benzene rings is 2. The minimum absolute atomic E-state index is 0.0157. The summed E-state index contributed by atoms with van der Waals surface area (Å²) in [5, 5.41) is 6.22. The molecule has 0 aliphatic carbocycles. The van der Waals surface area contributed by atoms with Crippen LogP contribution in [-0.4, -0.2) is 24.4 Å². The molecule has 0 fully saturated rings. The van der Waals surface area contributed by atoms with Gasteiger partial charge >= 0.3 is 5.97 Å². The number of fused-ring (bicyclic) bond motifs is 2. The van der Waals surface area contributed by atoms with Crippen molar-refractivity contribution in [3.63, 3.8) is 0 Å². The summed E-state index contributed by atoms with van der Waals surface area (Å²) in [4.78, 5) is 37.2. The number of anilines is 2. The van der Waals surface area contributed by atoms with Gasteiger partial charge in [0, 0.05) is 22.5 Å². The highest BCUT2D eigenvalue weighted by molar-refractivity contribution is 7.20. The lowest BCUT2D eigenvalue weighted by Gasteiger charge is -2.24. The van der Waals surface area contributed by atoms with Crippen LogP contribution in [0.1, 0.15) is 34.5 Å². The molecule has 6 nitrogen and oxygen atoms in total. The van der Waals surface area contributed by atoms with Gasteiger partial charge in [0.05, 0.1) is 12.5 Å². The van der Waals surface area contributed by atoms with Crippen LogP contribution in [0.25, 0.3) is 10.1 Å². The molecule has 3 aromatic rings. The number of rotatable bonds is 4. The molecule has 29 heavy (non-hydrogen) atoms. The Balaban J connectivity index is 1.58. The van der Waals surface area contributed by atoms with Gasteiger partial charge in [0.25, 0.3) is 0 Å². The van der Waals surface area contributed by atoms with E-state index in [1.165, 1.54) is 29.5 Å². The predicted molar refractivity (Wildman–Crippen MR) is 109 cm³/mol. The van der Waals surface area contributed by atoms with Crippen LogP contribution < -0.4 is 10.6 Å². The Bertz CT molecular complexity index is 1140. The maximum absolute atomic E-state index is 13.5. The van der Waals surface area contributed by atoms with E-state index in [4.69, 9.17) is 4.74 Å². The van der Waals surface area contributed by atoms with Crippen molar-refractivity contribution in [3.8, 4) is 0 Å². The molecule has 8 heteroatoms. The van der Waals surface area contributed by atoms with Crippen molar-refractivity contribution in [3.05, 3.63) is 58.7 Å². The molecule has 0 saturated carbocycles. The Labute approximate surface area is 169 Å². The van der Waals surface area contributed by atoms with Gasteiger partial charge in [-0.1, -0.05) is 6.07 Å². The van der Waals surface area contributed by atoms with Crippen LogP contribution in [0.3, 0.4) is 0 Å². The third-order valence-corrected chi connectivity index (χ3v) is 5.73. The van der Waals surface area contributed by atoms with Gasteiger partial charge < -0.3 is 15.4 Å². The van der Waals surface area contributed by atoms with Crippen molar-refractivity contribution in [1.82, 2.24) is 0 Å². The van der Waals surface area contributed by atoms with E-state index >= 15 is 0 Å². The van der Waals surface area contributed by atoms with Crippen LogP contribution in [0.2, 0.25) is 0 Å². The van der Waals surface area contributed by atoms with Crippen LogP contribution in [-0.2, 0) is 14.3 Å². The number of carbonyl (C=O) groups excluding carboxylic acids is 3. The standard InChI is InChI=1S/C21H17FN2O4S/c1-2-28-21(27)18-8-11-7-13(4-6-17(11)29-18)23-20(26)15-10-19(25)24-16-9-12(22)3-5-14(15)16/h3-9,15H,2,10H2,1H3,(H,23,26)(H,24,25). The topological polar surface area (TPSA) is 84.5 Å². The number of thiophene rings is 1. The Morgan fingerprint density at radius 1 is 1.24 bits per heavy atom. The molecule has 1 unspecified atom stereocenters. The zero-order valence-electron chi connectivity index (χ0n) is 15.5. The van der Waals surface area contributed by atoms with Crippen molar-refractivity contribution in [2.45, 2.75) is 19.3 Å². The van der Waals surface area contributed by atoms with Gasteiger partial charge in [-0.2, -0.15) is 0 Å². The summed E-state index contributed by atoms with van der Waals surface area (Å²) >= 11 is 1.32. The summed E-state index contributed by atoms with van der Waals surface area (Å²) in [6.45, 7) is 2.05. The molecule has 1 atom stereocenters. The minimum atomic E-state index is -0.715. The van der Waals surface area contributed by atoms with Crippen molar-refractivity contribution in [2.75, 3.05) is 17.2 Å². The smallest absolute Gasteiger partial charge is 0.348 e. The zero-order valence-corrected chi connectivity index (χ0v) is 16.3. The molecular weight excluding hydrogens is 395 g/mol. The Kier molecular flexibility index (Phi) is 5.02. The molecule has 0 saturated heterocycles. The monoisotopic (exact) mass is 412 g/mol. The molecule has 2 heterocycles.